The van der Waals surface area contributed by atoms with Crippen molar-refractivity contribution >= 4 is 11.6 Å². The maximum atomic E-state index is 12.1. The summed E-state index contributed by atoms with van der Waals surface area (Å²) in [5.74, 6) is -0.0205. The van der Waals surface area contributed by atoms with Crippen LogP contribution in [0.3, 0.4) is 0 Å². The SMILES string of the molecule is CCc1cc(C(O)C2CCCO2)cc2c1NC(=O)C2CC. The van der Waals surface area contributed by atoms with Gasteiger partial charge in [0, 0.05) is 12.3 Å². The zero-order valence-electron chi connectivity index (χ0n) is 12.7. The zero-order chi connectivity index (χ0) is 15.0. The maximum absolute atomic E-state index is 12.1. The predicted molar refractivity (Wildman–Crippen MR) is 81.4 cm³/mol. The highest BCUT2D eigenvalue weighted by atomic mass is 16.5. The van der Waals surface area contributed by atoms with Crippen molar-refractivity contribution in [2.45, 2.75) is 57.7 Å². The zero-order valence-corrected chi connectivity index (χ0v) is 12.7. The van der Waals surface area contributed by atoms with Crippen LogP contribution in [0, 0.1) is 0 Å². The van der Waals surface area contributed by atoms with Gasteiger partial charge >= 0.3 is 0 Å². The molecule has 114 valence electrons. The second-order valence-electron chi connectivity index (χ2n) is 5.94. The first-order valence-electron chi connectivity index (χ1n) is 7.93. The molecule has 3 rings (SSSR count). The number of anilines is 1. The number of fused-ring (bicyclic) bond motifs is 1. The molecule has 2 aliphatic rings. The van der Waals surface area contributed by atoms with E-state index in [9.17, 15) is 9.90 Å². The van der Waals surface area contributed by atoms with Crippen LogP contribution in [0.2, 0.25) is 0 Å². The van der Waals surface area contributed by atoms with Gasteiger partial charge in [-0.2, -0.15) is 0 Å². The minimum Gasteiger partial charge on any atom is -0.386 e. The average molecular weight is 289 g/mol. The Bertz CT molecular complexity index is 549. The lowest BCUT2D eigenvalue weighted by atomic mass is 9.90. The third kappa shape index (κ3) is 2.47. The molecule has 3 unspecified atom stereocenters. The van der Waals surface area contributed by atoms with Crippen LogP contribution >= 0.6 is 0 Å². The van der Waals surface area contributed by atoms with Crippen LogP contribution in [0.25, 0.3) is 0 Å². The fourth-order valence-electron chi connectivity index (χ4n) is 3.45. The van der Waals surface area contributed by atoms with Crippen LogP contribution in [-0.4, -0.2) is 23.7 Å². The van der Waals surface area contributed by atoms with Crippen LogP contribution in [-0.2, 0) is 16.0 Å². The van der Waals surface area contributed by atoms with Gasteiger partial charge in [0.05, 0.1) is 12.0 Å². The Morgan fingerprint density at radius 2 is 2.24 bits per heavy atom. The summed E-state index contributed by atoms with van der Waals surface area (Å²) in [5, 5.41) is 13.6. The maximum Gasteiger partial charge on any atom is 0.232 e. The molecule has 2 heterocycles. The Morgan fingerprint density at radius 3 is 2.86 bits per heavy atom. The number of amides is 1. The van der Waals surface area contributed by atoms with Crippen LogP contribution in [0.15, 0.2) is 12.1 Å². The van der Waals surface area contributed by atoms with Crippen molar-refractivity contribution in [3.8, 4) is 0 Å². The van der Waals surface area contributed by atoms with Crippen molar-refractivity contribution < 1.29 is 14.6 Å². The molecule has 0 radical (unpaired) electrons. The van der Waals surface area contributed by atoms with Gasteiger partial charge in [-0.3, -0.25) is 4.79 Å². The monoisotopic (exact) mass is 289 g/mol. The van der Waals surface area contributed by atoms with E-state index in [1.54, 1.807) is 0 Å². The van der Waals surface area contributed by atoms with Crippen molar-refractivity contribution in [1.29, 1.82) is 0 Å². The molecule has 1 aromatic rings. The third-order valence-corrected chi connectivity index (χ3v) is 4.66. The minimum atomic E-state index is -0.601. The van der Waals surface area contributed by atoms with E-state index in [4.69, 9.17) is 4.74 Å². The number of hydrogen-bond donors (Lipinski definition) is 2. The van der Waals surface area contributed by atoms with Gasteiger partial charge in [-0.25, -0.2) is 0 Å². The molecule has 21 heavy (non-hydrogen) atoms. The van der Waals surface area contributed by atoms with E-state index in [0.29, 0.717) is 0 Å². The van der Waals surface area contributed by atoms with E-state index in [2.05, 4.69) is 12.2 Å². The lowest BCUT2D eigenvalue weighted by Gasteiger charge is -2.20. The van der Waals surface area contributed by atoms with Crippen molar-refractivity contribution in [3.05, 3.63) is 28.8 Å². The third-order valence-electron chi connectivity index (χ3n) is 4.66. The first-order chi connectivity index (χ1) is 10.2. The van der Waals surface area contributed by atoms with Crippen LogP contribution in [0.4, 0.5) is 5.69 Å². The van der Waals surface area contributed by atoms with Crippen LogP contribution < -0.4 is 5.32 Å². The van der Waals surface area contributed by atoms with E-state index < -0.39 is 6.10 Å². The fourth-order valence-corrected chi connectivity index (χ4v) is 3.45. The first-order valence-corrected chi connectivity index (χ1v) is 7.93. The standard InChI is InChI=1S/C17H23NO3/c1-3-10-8-11(16(19)14-6-5-7-21-14)9-13-12(4-2)17(20)18-15(10)13/h8-9,12,14,16,19H,3-7H2,1-2H3,(H,18,20). The largest absolute Gasteiger partial charge is 0.386 e. The van der Waals surface area contributed by atoms with Crippen LogP contribution in [0.5, 0.6) is 0 Å². The summed E-state index contributed by atoms with van der Waals surface area (Å²) in [6, 6.07) is 4.01. The summed E-state index contributed by atoms with van der Waals surface area (Å²) in [4.78, 5) is 12.1. The number of rotatable bonds is 4. The minimum absolute atomic E-state index is 0.0750. The number of nitrogens with one attached hydrogen (secondary N) is 1. The predicted octanol–water partition coefficient (Wildman–Crippen LogP) is 2.91. The first kappa shape index (κ1) is 14.5. The van der Waals surface area contributed by atoms with Crippen molar-refractivity contribution in [2.24, 2.45) is 0 Å². The lowest BCUT2D eigenvalue weighted by molar-refractivity contribution is -0.117. The van der Waals surface area contributed by atoms with E-state index in [0.717, 1.165) is 54.7 Å². The Morgan fingerprint density at radius 1 is 1.43 bits per heavy atom. The summed E-state index contributed by atoms with van der Waals surface area (Å²) in [6.07, 6.45) is 2.81. The molecule has 1 amide bonds. The molecule has 1 saturated heterocycles. The van der Waals surface area contributed by atoms with Crippen molar-refractivity contribution in [1.82, 2.24) is 0 Å². The van der Waals surface area contributed by atoms with E-state index >= 15 is 0 Å². The highest BCUT2D eigenvalue weighted by molar-refractivity contribution is 6.03. The Labute approximate surface area is 125 Å². The molecular formula is C17H23NO3. The Hall–Kier alpha value is -1.39. The molecule has 1 aromatic carbocycles. The molecule has 0 bridgehead atoms. The number of aryl methyl sites for hydroxylation is 1. The summed E-state index contributed by atoms with van der Waals surface area (Å²) < 4.78 is 5.60. The topological polar surface area (TPSA) is 58.6 Å². The normalized spacial score (nSPS) is 25.8. The number of aliphatic hydroxyl groups is 1. The number of carbonyl (C=O) groups excluding carboxylic acids is 1. The van der Waals surface area contributed by atoms with Gasteiger partial charge in [-0.1, -0.05) is 26.0 Å². The smallest absolute Gasteiger partial charge is 0.232 e. The quantitative estimate of drug-likeness (QED) is 0.896. The molecule has 2 N–H and O–H groups in total. The number of carbonyl (C=O) groups is 1. The molecule has 2 aliphatic heterocycles. The number of ether oxygens (including phenoxy) is 1. The van der Waals surface area contributed by atoms with Gasteiger partial charge in [-0.15, -0.1) is 0 Å². The number of hydrogen-bond acceptors (Lipinski definition) is 3. The Kier molecular flexibility index (Phi) is 4.00. The molecule has 0 spiro atoms. The molecule has 3 atom stereocenters. The van der Waals surface area contributed by atoms with Gasteiger partial charge < -0.3 is 15.2 Å². The Balaban J connectivity index is 2.00. The summed E-state index contributed by atoms with van der Waals surface area (Å²) in [7, 11) is 0. The van der Waals surface area contributed by atoms with E-state index in [1.807, 2.05) is 19.1 Å². The molecule has 0 saturated carbocycles. The summed E-state index contributed by atoms with van der Waals surface area (Å²) in [6.45, 7) is 4.82. The molecule has 0 aliphatic carbocycles. The number of benzene rings is 1. The van der Waals surface area contributed by atoms with E-state index in [-0.39, 0.29) is 17.9 Å². The van der Waals surface area contributed by atoms with Crippen molar-refractivity contribution in [2.75, 3.05) is 11.9 Å². The van der Waals surface area contributed by atoms with Gasteiger partial charge in [0.2, 0.25) is 5.91 Å². The molecule has 4 heteroatoms. The van der Waals surface area contributed by atoms with Gasteiger partial charge in [0.15, 0.2) is 0 Å². The highest BCUT2D eigenvalue weighted by Crippen LogP contribution is 2.40. The second-order valence-corrected chi connectivity index (χ2v) is 5.94. The highest BCUT2D eigenvalue weighted by Gasteiger charge is 2.33. The number of aliphatic hydroxyl groups excluding tert-OH is 1. The van der Waals surface area contributed by atoms with Gasteiger partial charge in [-0.05, 0) is 42.4 Å². The van der Waals surface area contributed by atoms with Gasteiger partial charge in [0.25, 0.3) is 0 Å². The second kappa shape index (κ2) is 5.78. The molecule has 1 fully saturated rings. The summed E-state index contributed by atoms with van der Waals surface area (Å²) >= 11 is 0. The average Bonchev–Trinajstić information content (AvgIpc) is 3.12. The summed E-state index contributed by atoms with van der Waals surface area (Å²) in [5.41, 5.74) is 3.97. The molecular weight excluding hydrogens is 266 g/mol. The lowest BCUT2D eigenvalue weighted by Crippen LogP contribution is -2.17. The molecule has 4 nitrogen and oxygen atoms in total. The van der Waals surface area contributed by atoms with Crippen molar-refractivity contribution in [3.63, 3.8) is 0 Å². The fraction of sp³-hybridized carbons (Fsp3) is 0.588. The van der Waals surface area contributed by atoms with Crippen LogP contribution in [0.1, 0.15) is 61.8 Å². The van der Waals surface area contributed by atoms with Gasteiger partial charge in [0.1, 0.15) is 6.10 Å². The molecule has 0 aromatic heterocycles. The van der Waals surface area contributed by atoms with E-state index in [1.165, 1.54) is 0 Å².